The highest BCUT2D eigenvalue weighted by Gasteiger charge is 2.29. The number of aldehydes is 1. The second kappa shape index (κ2) is 8.87. The number of nitrogens with one attached hydrogen (secondary N) is 2. The van der Waals surface area contributed by atoms with E-state index < -0.39 is 18.0 Å². The Hall–Kier alpha value is -3.37. The summed E-state index contributed by atoms with van der Waals surface area (Å²) in [5, 5.41) is 14.3. The Balaban J connectivity index is 1.41. The lowest BCUT2D eigenvalue weighted by molar-refractivity contribution is -0.112. The van der Waals surface area contributed by atoms with Gasteiger partial charge in [0.1, 0.15) is 11.8 Å². The standard InChI is InChI=1S/C22H25F2N7O2/c23-19(24)18-16(11-31(28-18)15-6-4-14(12-32)5-7-15)27-22(33)17-20(26-10-13-2-3-13)29-30-9-1-8-25-21(17)30/h1,8-9,11-15,19H,2-7,10H2,(H,26,29)(H,27,33). The number of carbonyl (C=O) groups excluding carboxylic acids is 2. The lowest BCUT2D eigenvalue weighted by Crippen LogP contribution is -2.19. The van der Waals surface area contributed by atoms with Gasteiger partial charge in [-0.05, 0) is 50.5 Å². The van der Waals surface area contributed by atoms with Crippen LogP contribution in [0.1, 0.15) is 67.0 Å². The molecule has 0 unspecified atom stereocenters. The number of hydrogen-bond donors (Lipinski definition) is 2. The SMILES string of the molecule is O=CC1CCC(n2cc(NC(=O)c3c(NCC4CC4)nn4cccnc34)c(C(F)F)n2)CC1. The van der Waals surface area contributed by atoms with Gasteiger partial charge in [-0.3, -0.25) is 9.48 Å². The quantitative estimate of drug-likeness (QED) is 0.498. The Kier molecular flexibility index (Phi) is 5.77. The monoisotopic (exact) mass is 457 g/mol. The average Bonchev–Trinajstić information content (AvgIpc) is 3.44. The molecule has 2 aliphatic rings. The van der Waals surface area contributed by atoms with Crippen LogP contribution >= 0.6 is 0 Å². The molecule has 0 aromatic carbocycles. The molecule has 2 aliphatic carbocycles. The third-order valence-corrected chi connectivity index (χ3v) is 6.40. The van der Waals surface area contributed by atoms with E-state index in [-0.39, 0.29) is 23.2 Å². The van der Waals surface area contributed by atoms with Gasteiger partial charge in [-0.2, -0.15) is 5.10 Å². The van der Waals surface area contributed by atoms with E-state index in [2.05, 4.69) is 25.8 Å². The molecule has 5 rings (SSSR count). The molecular formula is C22H25F2N7O2. The van der Waals surface area contributed by atoms with Crippen LogP contribution in [0.5, 0.6) is 0 Å². The Morgan fingerprint density at radius 1 is 1.18 bits per heavy atom. The molecule has 0 saturated heterocycles. The van der Waals surface area contributed by atoms with Crippen LogP contribution in [0, 0.1) is 11.8 Å². The first-order chi connectivity index (χ1) is 16.0. The molecule has 1 amide bonds. The first kappa shape index (κ1) is 21.5. The third-order valence-electron chi connectivity index (χ3n) is 6.40. The second-order valence-corrected chi connectivity index (χ2v) is 8.80. The van der Waals surface area contributed by atoms with E-state index in [0.29, 0.717) is 49.6 Å². The van der Waals surface area contributed by atoms with Gasteiger partial charge in [0.15, 0.2) is 17.2 Å². The van der Waals surface area contributed by atoms with E-state index in [1.165, 1.54) is 15.4 Å². The number of hydrogen-bond acceptors (Lipinski definition) is 6. The molecule has 9 nitrogen and oxygen atoms in total. The second-order valence-electron chi connectivity index (χ2n) is 8.80. The van der Waals surface area contributed by atoms with E-state index in [0.717, 1.165) is 19.1 Å². The highest BCUT2D eigenvalue weighted by atomic mass is 19.3. The number of rotatable bonds is 8. The predicted molar refractivity (Wildman–Crippen MR) is 116 cm³/mol. The molecule has 2 saturated carbocycles. The Morgan fingerprint density at radius 3 is 2.67 bits per heavy atom. The molecule has 2 N–H and O–H groups in total. The molecule has 2 fully saturated rings. The van der Waals surface area contributed by atoms with Gasteiger partial charge in [-0.1, -0.05) is 0 Å². The molecular weight excluding hydrogens is 432 g/mol. The summed E-state index contributed by atoms with van der Waals surface area (Å²) in [5.74, 6) is 0.358. The zero-order chi connectivity index (χ0) is 22.9. The fourth-order valence-electron chi connectivity index (χ4n) is 4.32. The van der Waals surface area contributed by atoms with Crippen molar-refractivity contribution < 1.29 is 18.4 Å². The van der Waals surface area contributed by atoms with Crippen LogP contribution in [0.4, 0.5) is 20.3 Å². The van der Waals surface area contributed by atoms with Crippen molar-refractivity contribution in [2.75, 3.05) is 17.2 Å². The number of nitrogens with zero attached hydrogens (tertiary/aromatic N) is 5. The van der Waals surface area contributed by atoms with E-state index in [1.807, 2.05) is 0 Å². The van der Waals surface area contributed by atoms with Gasteiger partial charge in [0.25, 0.3) is 12.3 Å². The average molecular weight is 457 g/mol. The van der Waals surface area contributed by atoms with Crippen molar-refractivity contribution in [2.24, 2.45) is 11.8 Å². The maximum Gasteiger partial charge on any atom is 0.284 e. The largest absolute Gasteiger partial charge is 0.368 e. The Bertz CT molecular complexity index is 1160. The summed E-state index contributed by atoms with van der Waals surface area (Å²) < 4.78 is 30.5. The first-order valence-corrected chi connectivity index (χ1v) is 11.2. The number of aromatic nitrogens is 5. The van der Waals surface area contributed by atoms with E-state index in [1.54, 1.807) is 18.5 Å². The fraction of sp³-hybridized carbons (Fsp3) is 0.500. The zero-order valence-electron chi connectivity index (χ0n) is 18.0. The number of amides is 1. The van der Waals surface area contributed by atoms with Crippen molar-refractivity contribution in [1.29, 1.82) is 0 Å². The normalized spacial score (nSPS) is 20.8. The van der Waals surface area contributed by atoms with Crippen molar-refractivity contribution in [3.8, 4) is 0 Å². The number of alkyl halides is 2. The topological polar surface area (TPSA) is 106 Å². The van der Waals surface area contributed by atoms with Crippen molar-refractivity contribution in [1.82, 2.24) is 24.4 Å². The summed E-state index contributed by atoms with van der Waals surface area (Å²) in [5.41, 5.74) is 0.0379. The van der Waals surface area contributed by atoms with Crippen molar-refractivity contribution in [3.63, 3.8) is 0 Å². The van der Waals surface area contributed by atoms with Crippen molar-refractivity contribution >= 4 is 29.3 Å². The van der Waals surface area contributed by atoms with Crippen LogP contribution in [0.2, 0.25) is 0 Å². The summed E-state index contributed by atoms with van der Waals surface area (Å²) in [4.78, 5) is 28.5. The molecule has 0 bridgehead atoms. The van der Waals surface area contributed by atoms with E-state index in [4.69, 9.17) is 0 Å². The van der Waals surface area contributed by atoms with Crippen LogP contribution in [0.25, 0.3) is 5.65 Å². The van der Waals surface area contributed by atoms with Gasteiger partial charge in [-0.15, -0.1) is 5.10 Å². The van der Waals surface area contributed by atoms with Gasteiger partial charge < -0.3 is 15.4 Å². The lowest BCUT2D eigenvalue weighted by Gasteiger charge is -2.25. The summed E-state index contributed by atoms with van der Waals surface area (Å²) in [6, 6.07) is 1.61. The Morgan fingerprint density at radius 2 is 1.97 bits per heavy atom. The molecule has 0 atom stereocenters. The predicted octanol–water partition coefficient (Wildman–Crippen LogP) is 3.87. The molecule has 0 aliphatic heterocycles. The van der Waals surface area contributed by atoms with Crippen molar-refractivity contribution in [3.05, 3.63) is 35.9 Å². The lowest BCUT2D eigenvalue weighted by atomic mass is 9.87. The van der Waals surface area contributed by atoms with Crippen LogP contribution in [-0.2, 0) is 4.79 Å². The summed E-state index contributed by atoms with van der Waals surface area (Å²) in [6.07, 6.45) is 7.81. The van der Waals surface area contributed by atoms with Crippen LogP contribution < -0.4 is 10.6 Å². The number of fused-ring (bicyclic) bond motifs is 1. The molecule has 3 heterocycles. The maximum absolute atomic E-state index is 13.8. The number of anilines is 2. The van der Waals surface area contributed by atoms with E-state index in [9.17, 15) is 18.4 Å². The molecule has 3 aromatic rings. The van der Waals surface area contributed by atoms with Gasteiger partial charge in [-0.25, -0.2) is 18.3 Å². The van der Waals surface area contributed by atoms with Gasteiger partial charge >= 0.3 is 0 Å². The van der Waals surface area contributed by atoms with Gasteiger partial charge in [0.05, 0.1) is 11.7 Å². The molecule has 11 heteroatoms. The maximum atomic E-state index is 13.8. The smallest absolute Gasteiger partial charge is 0.284 e. The minimum Gasteiger partial charge on any atom is -0.368 e. The fourth-order valence-corrected chi connectivity index (χ4v) is 4.32. The summed E-state index contributed by atoms with van der Waals surface area (Å²) >= 11 is 0. The Labute approximate surface area is 188 Å². The number of halogens is 2. The molecule has 33 heavy (non-hydrogen) atoms. The van der Waals surface area contributed by atoms with Crippen LogP contribution in [0.15, 0.2) is 24.7 Å². The number of carbonyl (C=O) groups is 2. The zero-order valence-corrected chi connectivity index (χ0v) is 18.0. The third kappa shape index (κ3) is 4.44. The molecule has 174 valence electrons. The van der Waals surface area contributed by atoms with Crippen LogP contribution in [-0.4, -0.2) is 43.1 Å². The minimum atomic E-state index is -2.85. The highest BCUT2D eigenvalue weighted by Crippen LogP contribution is 2.35. The molecule has 3 aromatic heterocycles. The van der Waals surface area contributed by atoms with Gasteiger partial charge in [0.2, 0.25) is 0 Å². The molecule has 0 spiro atoms. The minimum absolute atomic E-state index is 0.00948. The molecule has 0 radical (unpaired) electrons. The van der Waals surface area contributed by atoms with Gasteiger partial charge in [0, 0.05) is 31.1 Å². The van der Waals surface area contributed by atoms with Crippen molar-refractivity contribution in [2.45, 2.75) is 51.0 Å². The summed E-state index contributed by atoms with van der Waals surface area (Å²) in [7, 11) is 0. The summed E-state index contributed by atoms with van der Waals surface area (Å²) in [6.45, 7) is 0.688. The highest BCUT2D eigenvalue weighted by molar-refractivity contribution is 6.12. The van der Waals surface area contributed by atoms with E-state index >= 15 is 0 Å². The first-order valence-electron chi connectivity index (χ1n) is 11.2. The van der Waals surface area contributed by atoms with Crippen LogP contribution in [0.3, 0.4) is 0 Å².